The predicted molar refractivity (Wildman–Crippen MR) is 73.5 cm³/mol. The van der Waals surface area contributed by atoms with Crippen molar-refractivity contribution in [1.82, 2.24) is 10.2 Å². The highest BCUT2D eigenvalue weighted by Gasteiger charge is 2.10. The molecule has 0 atom stereocenters. The maximum atomic E-state index is 11.7. The molecule has 0 bridgehead atoms. The summed E-state index contributed by atoms with van der Waals surface area (Å²) < 4.78 is 0. The van der Waals surface area contributed by atoms with Crippen molar-refractivity contribution in [3.8, 4) is 6.07 Å². The summed E-state index contributed by atoms with van der Waals surface area (Å²) in [6, 6.07) is 1.91. The summed E-state index contributed by atoms with van der Waals surface area (Å²) in [5.41, 5.74) is 0.0966. The van der Waals surface area contributed by atoms with Crippen LogP contribution in [0.3, 0.4) is 0 Å². The molecule has 0 fully saturated rings. The molecule has 0 aliphatic heterocycles. The molecule has 0 spiro atoms. The van der Waals surface area contributed by atoms with Gasteiger partial charge in [-0.15, -0.1) is 13.2 Å². The van der Waals surface area contributed by atoms with Gasteiger partial charge in [0.15, 0.2) is 0 Å². The molecule has 4 heteroatoms. The predicted octanol–water partition coefficient (Wildman–Crippen LogP) is 1.84. The lowest BCUT2D eigenvalue weighted by Crippen LogP contribution is -2.29. The molecular weight excluding hydrogens is 226 g/mol. The second kappa shape index (κ2) is 9.06. The Labute approximate surface area is 109 Å². The van der Waals surface area contributed by atoms with Crippen LogP contribution in [-0.4, -0.2) is 30.4 Å². The molecule has 0 aliphatic rings. The van der Waals surface area contributed by atoms with Gasteiger partial charge < -0.3 is 10.2 Å². The first-order valence-corrected chi connectivity index (χ1v) is 5.91. The Bertz CT molecular complexity index is 354. The Kier molecular flexibility index (Phi) is 8.04. The van der Waals surface area contributed by atoms with Crippen molar-refractivity contribution >= 4 is 5.91 Å². The van der Waals surface area contributed by atoms with Gasteiger partial charge in [-0.2, -0.15) is 5.26 Å². The molecule has 4 nitrogen and oxygen atoms in total. The van der Waals surface area contributed by atoms with E-state index in [1.165, 1.54) is 0 Å². The molecule has 0 aromatic rings. The minimum atomic E-state index is -0.343. The number of amides is 1. The van der Waals surface area contributed by atoms with Crippen LogP contribution in [0.2, 0.25) is 0 Å². The van der Waals surface area contributed by atoms with Gasteiger partial charge in [0.1, 0.15) is 11.6 Å². The van der Waals surface area contributed by atoms with Crippen LogP contribution in [0.5, 0.6) is 0 Å². The van der Waals surface area contributed by atoms with Crippen molar-refractivity contribution < 1.29 is 4.79 Å². The fourth-order valence-electron chi connectivity index (χ4n) is 1.22. The SMILES string of the molecule is C=CCN(/C=C(/C#N)C(=O)NCC(C)C)CC=C. The molecule has 18 heavy (non-hydrogen) atoms. The maximum Gasteiger partial charge on any atom is 0.263 e. The van der Waals surface area contributed by atoms with Gasteiger partial charge >= 0.3 is 0 Å². The molecule has 0 unspecified atom stereocenters. The van der Waals surface area contributed by atoms with E-state index >= 15 is 0 Å². The average Bonchev–Trinajstić information content (AvgIpc) is 2.33. The maximum absolute atomic E-state index is 11.7. The third-order valence-corrected chi connectivity index (χ3v) is 2.07. The molecule has 98 valence electrons. The number of hydrogen-bond acceptors (Lipinski definition) is 3. The van der Waals surface area contributed by atoms with Crippen molar-refractivity contribution in [3.05, 3.63) is 37.1 Å². The van der Waals surface area contributed by atoms with Gasteiger partial charge in [0, 0.05) is 25.8 Å². The topological polar surface area (TPSA) is 56.1 Å². The first kappa shape index (κ1) is 16.0. The van der Waals surface area contributed by atoms with Crippen molar-refractivity contribution in [1.29, 1.82) is 5.26 Å². The minimum absolute atomic E-state index is 0.0966. The fraction of sp³-hybridized carbons (Fsp3) is 0.429. The Morgan fingerprint density at radius 2 is 1.94 bits per heavy atom. The average molecular weight is 247 g/mol. The number of carbonyl (C=O) groups is 1. The Morgan fingerprint density at radius 1 is 1.39 bits per heavy atom. The summed E-state index contributed by atoms with van der Waals surface area (Å²) in [5.74, 6) is 0.00988. The van der Waals surface area contributed by atoms with Crippen LogP contribution >= 0.6 is 0 Å². The third kappa shape index (κ3) is 6.54. The van der Waals surface area contributed by atoms with E-state index in [2.05, 4.69) is 18.5 Å². The lowest BCUT2D eigenvalue weighted by molar-refractivity contribution is -0.117. The Morgan fingerprint density at radius 3 is 2.33 bits per heavy atom. The zero-order valence-corrected chi connectivity index (χ0v) is 11.1. The second-order valence-electron chi connectivity index (χ2n) is 4.29. The summed E-state index contributed by atoms with van der Waals surface area (Å²) in [6.07, 6.45) is 4.96. The van der Waals surface area contributed by atoms with Gasteiger partial charge in [0.05, 0.1) is 0 Å². The second-order valence-corrected chi connectivity index (χ2v) is 4.29. The number of nitrogens with zero attached hydrogens (tertiary/aromatic N) is 2. The molecule has 0 radical (unpaired) electrons. The van der Waals surface area contributed by atoms with Crippen LogP contribution in [0.4, 0.5) is 0 Å². The van der Waals surface area contributed by atoms with Gasteiger partial charge in [-0.25, -0.2) is 0 Å². The zero-order chi connectivity index (χ0) is 14.0. The third-order valence-electron chi connectivity index (χ3n) is 2.07. The van der Waals surface area contributed by atoms with Gasteiger partial charge in [-0.1, -0.05) is 26.0 Å². The van der Waals surface area contributed by atoms with E-state index in [1.807, 2.05) is 19.9 Å². The molecule has 0 saturated carbocycles. The summed E-state index contributed by atoms with van der Waals surface area (Å²) in [7, 11) is 0. The monoisotopic (exact) mass is 247 g/mol. The van der Waals surface area contributed by atoms with Crippen molar-refractivity contribution in [3.63, 3.8) is 0 Å². The first-order chi connectivity index (χ1) is 8.54. The van der Waals surface area contributed by atoms with E-state index in [0.717, 1.165) is 0 Å². The number of hydrogen-bond donors (Lipinski definition) is 1. The minimum Gasteiger partial charge on any atom is -0.369 e. The van der Waals surface area contributed by atoms with Crippen LogP contribution in [0.15, 0.2) is 37.1 Å². The van der Waals surface area contributed by atoms with Gasteiger partial charge in [-0.3, -0.25) is 4.79 Å². The molecule has 1 N–H and O–H groups in total. The molecule has 0 heterocycles. The number of nitrogens with one attached hydrogen (secondary N) is 1. The van der Waals surface area contributed by atoms with E-state index in [-0.39, 0.29) is 11.5 Å². The molecule has 0 aliphatic carbocycles. The molecule has 0 saturated heterocycles. The van der Waals surface area contributed by atoms with Crippen LogP contribution in [-0.2, 0) is 4.79 Å². The quantitative estimate of drug-likeness (QED) is 0.404. The summed E-state index contributed by atoms with van der Waals surface area (Å²) >= 11 is 0. The van der Waals surface area contributed by atoms with Crippen molar-refractivity contribution in [2.45, 2.75) is 13.8 Å². The Balaban J connectivity index is 4.70. The highest BCUT2D eigenvalue weighted by molar-refractivity contribution is 5.97. The highest BCUT2D eigenvalue weighted by atomic mass is 16.1. The number of nitriles is 1. The molecule has 1 amide bonds. The van der Waals surface area contributed by atoms with Crippen LogP contribution in [0.1, 0.15) is 13.8 Å². The van der Waals surface area contributed by atoms with Gasteiger partial charge in [-0.05, 0) is 5.92 Å². The zero-order valence-electron chi connectivity index (χ0n) is 11.1. The number of carbonyl (C=O) groups excluding carboxylic acids is 1. The fourth-order valence-corrected chi connectivity index (χ4v) is 1.22. The largest absolute Gasteiger partial charge is 0.369 e. The molecular formula is C14H21N3O. The van der Waals surface area contributed by atoms with E-state index < -0.39 is 0 Å². The lowest BCUT2D eigenvalue weighted by atomic mass is 10.2. The standard InChI is InChI=1S/C14H21N3O/c1-5-7-17(8-6-2)11-13(9-15)14(18)16-10-12(3)4/h5-6,11-12H,1-2,7-8,10H2,3-4H3,(H,16,18)/b13-11-. The van der Waals surface area contributed by atoms with Crippen molar-refractivity contribution in [2.75, 3.05) is 19.6 Å². The van der Waals surface area contributed by atoms with Crippen LogP contribution < -0.4 is 5.32 Å². The van der Waals surface area contributed by atoms with Gasteiger partial charge in [0.2, 0.25) is 0 Å². The summed E-state index contributed by atoms with van der Waals surface area (Å²) in [4.78, 5) is 13.5. The van der Waals surface area contributed by atoms with Crippen LogP contribution in [0.25, 0.3) is 0 Å². The molecule has 0 aromatic carbocycles. The van der Waals surface area contributed by atoms with Crippen LogP contribution in [0, 0.1) is 17.2 Å². The highest BCUT2D eigenvalue weighted by Crippen LogP contribution is 2.00. The first-order valence-electron chi connectivity index (χ1n) is 5.91. The normalized spacial score (nSPS) is 10.7. The summed E-state index contributed by atoms with van der Waals surface area (Å²) in [5, 5.41) is 11.7. The van der Waals surface area contributed by atoms with E-state index in [9.17, 15) is 4.79 Å². The smallest absolute Gasteiger partial charge is 0.263 e. The number of rotatable bonds is 8. The van der Waals surface area contributed by atoms with E-state index in [0.29, 0.717) is 25.6 Å². The molecule has 0 aromatic heterocycles. The van der Waals surface area contributed by atoms with Gasteiger partial charge in [0.25, 0.3) is 5.91 Å². The van der Waals surface area contributed by atoms with E-state index in [1.54, 1.807) is 23.3 Å². The molecule has 0 rings (SSSR count). The Hall–Kier alpha value is -2.02. The summed E-state index contributed by atoms with van der Waals surface area (Å²) in [6.45, 7) is 12.9. The van der Waals surface area contributed by atoms with E-state index in [4.69, 9.17) is 5.26 Å². The lowest BCUT2D eigenvalue weighted by Gasteiger charge is -2.16. The van der Waals surface area contributed by atoms with Crippen molar-refractivity contribution in [2.24, 2.45) is 5.92 Å².